The molecule has 0 radical (unpaired) electrons. The highest BCUT2D eigenvalue weighted by molar-refractivity contribution is 5.05. The van der Waals surface area contributed by atoms with E-state index in [4.69, 9.17) is 5.73 Å². The van der Waals surface area contributed by atoms with Crippen molar-refractivity contribution < 1.29 is 0 Å². The molecule has 2 rings (SSSR count). The Morgan fingerprint density at radius 2 is 2.31 bits per heavy atom. The van der Waals surface area contributed by atoms with Gasteiger partial charge in [0.25, 0.3) is 0 Å². The first-order valence-electron chi connectivity index (χ1n) is 6.41. The number of hydrogen-bond acceptors (Lipinski definition) is 2. The smallest absolute Gasteiger partial charge is 0.0419 e. The average molecular weight is 218 g/mol. The van der Waals surface area contributed by atoms with E-state index in [0.29, 0.717) is 5.92 Å². The summed E-state index contributed by atoms with van der Waals surface area (Å²) in [4.78, 5) is 4.35. The molecule has 1 aromatic rings. The fourth-order valence-corrected chi connectivity index (χ4v) is 2.80. The second-order valence-electron chi connectivity index (χ2n) is 5.22. The standard InChI is InChI=1S/C14H22N2/c1-11-5-4-6-12(9-11)14(15)10-13-7-2-3-8-16-13/h2-3,7-8,11-12,14H,4-6,9-10,15H2,1H3. The third-order valence-electron chi connectivity index (χ3n) is 3.75. The van der Waals surface area contributed by atoms with Gasteiger partial charge in [0.05, 0.1) is 0 Å². The van der Waals surface area contributed by atoms with Gasteiger partial charge in [-0.25, -0.2) is 0 Å². The Labute approximate surface area is 98.3 Å². The molecule has 1 fully saturated rings. The van der Waals surface area contributed by atoms with Crippen molar-refractivity contribution in [1.29, 1.82) is 0 Å². The van der Waals surface area contributed by atoms with Crippen molar-refractivity contribution in [1.82, 2.24) is 4.98 Å². The minimum Gasteiger partial charge on any atom is -0.327 e. The van der Waals surface area contributed by atoms with Gasteiger partial charge in [0.2, 0.25) is 0 Å². The highest BCUT2D eigenvalue weighted by atomic mass is 14.7. The molecule has 0 amide bonds. The molecular weight excluding hydrogens is 196 g/mol. The quantitative estimate of drug-likeness (QED) is 0.847. The van der Waals surface area contributed by atoms with Gasteiger partial charge >= 0.3 is 0 Å². The van der Waals surface area contributed by atoms with E-state index in [1.54, 1.807) is 0 Å². The highest BCUT2D eigenvalue weighted by Crippen LogP contribution is 2.30. The van der Waals surface area contributed by atoms with Crippen LogP contribution in [-0.4, -0.2) is 11.0 Å². The first-order chi connectivity index (χ1) is 7.75. The number of nitrogens with two attached hydrogens (primary N) is 1. The third-order valence-corrected chi connectivity index (χ3v) is 3.75. The number of aromatic nitrogens is 1. The first-order valence-corrected chi connectivity index (χ1v) is 6.41. The van der Waals surface area contributed by atoms with Crippen molar-refractivity contribution >= 4 is 0 Å². The molecule has 2 heteroatoms. The maximum Gasteiger partial charge on any atom is 0.0419 e. The maximum absolute atomic E-state index is 6.30. The lowest BCUT2D eigenvalue weighted by molar-refractivity contribution is 0.245. The Balaban J connectivity index is 1.90. The molecule has 0 bridgehead atoms. The van der Waals surface area contributed by atoms with Crippen LogP contribution >= 0.6 is 0 Å². The molecule has 16 heavy (non-hydrogen) atoms. The Morgan fingerprint density at radius 1 is 1.44 bits per heavy atom. The summed E-state index contributed by atoms with van der Waals surface area (Å²) in [7, 11) is 0. The molecule has 0 aromatic carbocycles. The lowest BCUT2D eigenvalue weighted by Crippen LogP contribution is -2.35. The van der Waals surface area contributed by atoms with Crippen LogP contribution in [0.3, 0.4) is 0 Å². The lowest BCUT2D eigenvalue weighted by Gasteiger charge is -2.31. The zero-order valence-corrected chi connectivity index (χ0v) is 10.1. The highest BCUT2D eigenvalue weighted by Gasteiger charge is 2.24. The van der Waals surface area contributed by atoms with Gasteiger partial charge in [-0.05, 0) is 36.8 Å². The summed E-state index contributed by atoms with van der Waals surface area (Å²) in [6.45, 7) is 2.35. The van der Waals surface area contributed by atoms with Gasteiger partial charge in [0.1, 0.15) is 0 Å². The SMILES string of the molecule is CC1CCCC(C(N)Cc2ccccn2)C1. The molecule has 88 valence electrons. The Kier molecular flexibility index (Phi) is 3.94. The summed E-state index contributed by atoms with van der Waals surface area (Å²) >= 11 is 0. The summed E-state index contributed by atoms with van der Waals surface area (Å²) in [6.07, 6.45) is 8.12. The van der Waals surface area contributed by atoms with Gasteiger partial charge < -0.3 is 5.73 Å². The fourth-order valence-electron chi connectivity index (χ4n) is 2.80. The van der Waals surface area contributed by atoms with E-state index in [1.807, 2.05) is 18.3 Å². The molecule has 0 spiro atoms. The van der Waals surface area contributed by atoms with Gasteiger partial charge in [-0.2, -0.15) is 0 Å². The van der Waals surface area contributed by atoms with Gasteiger partial charge in [-0.1, -0.05) is 25.8 Å². The van der Waals surface area contributed by atoms with Crippen molar-refractivity contribution in [2.75, 3.05) is 0 Å². The summed E-state index contributed by atoms with van der Waals surface area (Å²) < 4.78 is 0. The summed E-state index contributed by atoms with van der Waals surface area (Å²) in [6, 6.07) is 6.36. The molecule has 1 saturated carbocycles. The lowest BCUT2D eigenvalue weighted by atomic mass is 9.78. The van der Waals surface area contributed by atoms with E-state index in [9.17, 15) is 0 Å². The zero-order valence-electron chi connectivity index (χ0n) is 10.1. The van der Waals surface area contributed by atoms with E-state index >= 15 is 0 Å². The van der Waals surface area contributed by atoms with Gasteiger partial charge in [-0.3, -0.25) is 4.98 Å². The van der Waals surface area contributed by atoms with Crippen LogP contribution in [0.25, 0.3) is 0 Å². The largest absolute Gasteiger partial charge is 0.327 e. The summed E-state index contributed by atoms with van der Waals surface area (Å²) in [5.41, 5.74) is 7.44. The van der Waals surface area contributed by atoms with E-state index in [-0.39, 0.29) is 6.04 Å². The summed E-state index contributed by atoms with van der Waals surface area (Å²) in [5.74, 6) is 1.55. The van der Waals surface area contributed by atoms with Crippen molar-refractivity contribution in [3.8, 4) is 0 Å². The number of pyridine rings is 1. The number of hydrogen-bond donors (Lipinski definition) is 1. The predicted molar refractivity (Wildman–Crippen MR) is 67.0 cm³/mol. The van der Waals surface area contributed by atoms with Crippen LogP contribution in [0.15, 0.2) is 24.4 Å². The monoisotopic (exact) mass is 218 g/mol. The second kappa shape index (κ2) is 5.44. The zero-order chi connectivity index (χ0) is 11.4. The minimum atomic E-state index is 0.289. The Bertz CT molecular complexity index is 310. The third kappa shape index (κ3) is 3.05. The molecule has 2 nitrogen and oxygen atoms in total. The minimum absolute atomic E-state index is 0.289. The molecule has 1 aliphatic carbocycles. The topological polar surface area (TPSA) is 38.9 Å². The second-order valence-corrected chi connectivity index (χ2v) is 5.22. The van der Waals surface area contributed by atoms with E-state index in [2.05, 4.69) is 18.0 Å². The van der Waals surface area contributed by atoms with E-state index in [1.165, 1.54) is 25.7 Å². The van der Waals surface area contributed by atoms with Crippen LogP contribution in [0.1, 0.15) is 38.3 Å². The first kappa shape index (κ1) is 11.6. The Hall–Kier alpha value is -0.890. The van der Waals surface area contributed by atoms with Crippen molar-refractivity contribution in [2.45, 2.75) is 45.1 Å². The molecule has 1 aliphatic rings. The summed E-state index contributed by atoms with van der Waals surface area (Å²) in [5, 5.41) is 0. The van der Waals surface area contributed by atoms with Crippen molar-refractivity contribution in [3.63, 3.8) is 0 Å². The molecule has 0 saturated heterocycles. The molecule has 1 aromatic heterocycles. The van der Waals surface area contributed by atoms with Crippen LogP contribution < -0.4 is 5.73 Å². The number of rotatable bonds is 3. The maximum atomic E-state index is 6.30. The van der Waals surface area contributed by atoms with Crippen LogP contribution in [0.5, 0.6) is 0 Å². The van der Waals surface area contributed by atoms with Crippen LogP contribution in [-0.2, 0) is 6.42 Å². The fraction of sp³-hybridized carbons (Fsp3) is 0.643. The van der Waals surface area contributed by atoms with Crippen molar-refractivity contribution in [3.05, 3.63) is 30.1 Å². The predicted octanol–water partition coefficient (Wildman–Crippen LogP) is 2.78. The van der Waals surface area contributed by atoms with Crippen LogP contribution in [0, 0.1) is 11.8 Å². The molecule has 3 unspecified atom stereocenters. The molecule has 2 N–H and O–H groups in total. The number of nitrogens with zero attached hydrogens (tertiary/aromatic N) is 1. The van der Waals surface area contributed by atoms with Gasteiger partial charge in [-0.15, -0.1) is 0 Å². The van der Waals surface area contributed by atoms with Crippen LogP contribution in [0.2, 0.25) is 0 Å². The van der Waals surface area contributed by atoms with Gasteiger partial charge in [0.15, 0.2) is 0 Å². The molecule has 3 atom stereocenters. The molecular formula is C14H22N2. The molecule has 0 aliphatic heterocycles. The van der Waals surface area contributed by atoms with Crippen molar-refractivity contribution in [2.24, 2.45) is 17.6 Å². The average Bonchev–Trinajstić information content (AvgIpc) is 2.30. The van der Waals surface area contributed by atoms with E-state index < -0.39 is 0 Å². The normalized spacial score (nSPS) is 27.6. The van der Waals surface area contributed by atoms with E-state index in [0.717, 1.165) is 18.0 Å². The van der Waals surface area contributed by atoms with Crippen LogP contribution in [0.4, 0.5) is 0 Å². The van der Waals surface area contributed by atoms with Gasteiger partial charge in [0, 0.05) is 24.4 Å². The Morgan fingerprint density at radius 3 is 3.00 bits per heavy atom. The molecule has 1 heterocycles.